The number of rotatable bonds is 9. The molecule has 0 saturated heterocycles. The molecule has 17 heavy (non-hydrogen) atoms. The van der Waals surface area contributed by atoms with Gasteiger partial charge in [-0.25, -0.2) is 0 Å². The summed E-state index contributed by atoms with van der Waals surface area (Å²) in [5, 5.41) is 8.52. The van der Waals surface area contributed by atoms with Crippen molar-refractivity contribution in [3.63, 3.8) is 0 Å². The van der Waals surface area contributed by atoms with Crippen LogP contribution in [0.3, 0.4) is 0 Å². The van der Waals surface area contributed by atoms with E-state index in [1.165, 1.54) is 0 Å². The monoisotopic (exact) mass is 245 g/mol. The number of carboxylic acid groups (broad SMARTS) is 1. The molecule has 0 aromatic heterocycles. The highest BCUT2D eigenvalue weighted by Gasteiger charge is 2.18. The number of ether oxygens (including phenoxy) is 1. The van der Waals surface area contributed by atoms with E-state index in [1.54, 1.807) is 12.0 Å². The number of nitrogens with zero attached hydrogens (tertiary/aromatic N) is 1. The second-order valence-corrected chi connectivity index (χ2v) is 4.08. The highest BCUT2D eigenvalue weighted by atomic mass is 16.5. The average Bonchev–Trinajstić information content (AvgIpc) is 2.28. The van der Waals surface area contributed by atoms with E-state index in [4.69, 9.17) is 9.84 Å². The summed E-state index contributed by atoms with van der Waals surface area (Å²) < 4.78 is 4.97. The Hall–Kier alpha value is -1.10. The SMILES string of the molecule is CCC(C)N(CCOC)C(=O)CCCC(=O)O. The molecule has 1 amide bonds. The molecule has 0 aliphatic carbocycles. The van der Waals surface area contributed by atoms with Gasteiger partial charge in [0.1, 0.15) is 0 Å². The molecule has 0 fully saturated rings. The molecule has 0 aromatic carbocycles. The zero-order valence-electron chi connectivity index (χ0n) is 10.9. The van der Waals surface area contributed by atoms with Crippen LogP contribution in [0, 0.1) is 0 Å². The van der Waals surface area contributed by atoms with E-state index < -0.39 is 5.97 Å². The third kappa shape index (κ3) is 6.94. The van der Waals surface area contributed by atoms with Gasteiger partial charge in [-0.3, -0.25) is 9.59 Å². The van der Waals surface area contributed by atoms with E-state index >= 15 is 0 Å². The number of amides is 1. The van der Waals surface area contributed by atoms with Crippen LogP contribution in [0.15, 0.2) is 0 Å². The van der Waals surface area contributed by atoms with Crippen molar-refractivity contribution in [3.05, 3.63) is 0 Å². The van der Waals surface area contributed by atoms with E-state index in [2.05, 4.69) is 0 Å². The molecule has 0 bridgehead atoms. The van der Waals surface area contributed by atoms with Crippen molar-refractivity contribution < 1.29 is 19.4 Å². The lowest BCUT2D eigenvalue weighted by Gasteiger charge is -2.28. The van der Waals surface area contributed by atoms with Crippen molar-refractivity contribution in [1.29, 1.82) is 0 Å². The lowest BCUT2D eigenvalue weighted by molar-refractivity contribution is -0.137. The number of carboxylic acids is 1. The Labute approximate surface area is 103 Å². The largest absolute Gasteiger partial charge is 0.481 e. The first kappa shape index (κ1) is 15.9. The summed E-state index contributed by atoms with van der Waals surface area (Å²) in [6.45, 7) is 5.09. The van der Waals surface area contributed by atoms with Crippen LogP contribution in [0.4, 0.5) is 0 Å². The number of carbonyl (C=O) groups excluding carboxylic acids is 1. The number of hydrogen-bond donors (Lipinski definition) is 1. The van der Waals surface area contributed by atoms with Gasteiger partial charge < -0.3 is 14.7 Å². The molecule has 0 rings (SSSR count). The summed E-state index contributed by atoms with van der Waals surface area (Å²) in [6, 6.07) is 0.169. The van der Waals surface area contributed by atoms with E-state index in [-0.39, 0.29) is 18.4 Å². The summed E-state index contributed by atoms with van der Waals surface area (Å²) in [6.07, 6.45) is 1.62. The van der Waals surface area contributed by atoms with Gasteiger partial charge in [-0.15, -0.1) is 0 Å². The second-order valence-electron chi connectivity index (χ2n) is 4.08. The van der Waals surface area contributed by atoms with E-state index in [0.717, 1.165) is 6.42 Å². The summed E-state index contributed by atoms with van der Waals surface area (Å²) in [7, 11) is 1.60. The molecule has 0 spiro atoms. The van der Waals surface area contributed by atoms with Crippen LogP contribution in [0.25, 0.3) is 0 Å². The first-order chi connectivity index (χ1) is 8.02. The van der Waals surface area contributed by atoms with Gasteiger partial charge in [0.05, 0.1) is 6.61 Å². The zero-order chi connectivity index (χ0) is 13.3. The molecule has 5 heteroatoms. The average molecular weight is 245 g/mol. The molecule has 0 aromatic rings. The molecule has 1 atom stereocenters. The topological polar surface area (TPSA) is 66.8 Å². The van der Waals surface area contributed by atoms with Gasteiger partial charge in [-0.1, -0.05) is 6.92 Å². The van der Waals surface area contributed by atoms with Crippen molar-refractivity contribution in [3.8, 4) is 0 Å². The Balaban J connectivity index is 4.16. The molecule has 0 aliphatic rings. The predicted molar refractivity (Wildman–Crippen MR) is 64.8 cm³/mol. The molecule has 100 valence electrons. The fraction of sp³-hybridized carbons (Fsp3) is 0.833. The Morgan fingerprint density at radius 2 is 2.00 bits per heavy atom. The Kier molecular flexibility index (Phi) is 8.40. The predicted octanol–water partition coefficient (Wildman–Crippen LogP) is 1.51. The Morgan fingerprint density at radius 3 is 2.47 bits per heavy atom. The normalized spacial score (nSPS) is 12.2. The first-order valence-electron chi connectivity index (χ1n) is 6.03. The number of hydrogen-bond acceptors (Lipinski definition) is 3. The second kappa shape index (κ2) is 8.98. The summed E-state index contributed by atoms with van der Waals surface area (Å²) in [5.41, 5.74) is 0. The van der Waals surface area contributed by atoms with Gasteiger partial charge in [0.25, 0.3) is 0 Å². The van der Waals surface area contributed by atoms with Crippen LogP contribution in [0.5, 0.6) is 0 Å². The summed E-state index contributed by atoms with van der Waals surface area (Å²) in [5.74, 6) is -0.845. The number of aliphatic carboxylic acids is 1. The van der Waals surface area contributed by atoms with Crippen LogP contribution >= 0.6 is 0 Å². The molecule has 1 unspecified atom stereocenters. The maximum atomic E-state index is 11.9. The van der Waals surface area contributed by atoms with Crippen LogP contribution in [-0.2, 0) is 14.3 Å². The van der Waals surface area contributed by atoms with Crippen molar-refractivity contribution >= 4 is 11.9 Å². The molecular weight excluding hydrogens is 222 g/mol. The van der Waals surface area contributed by atoms with Crippen molar-refractivity contribution in [2.24, 2.45) is 0 Å². The number of methoxy groups -OCH3 is 1. The molecule has 0 heterocycles. The van der Waals surface area contributed by atoms with E-state index in [1.807, 2.05) is 13.8 Å². The maximum Gasteiger partial charge on any atom is 0.303 e. The summed E-state index contributed by atoms with van der Waals surface area (Å²) >= 11 is 0. The van der Waals surface area contributed by atoms with Gasteiger partial charge in [0.15, 0.2) is 0 Å². The highest BCUT2D eigenvalue weighted by molar-refractivity contribution is 5.77. The van der Waals surface area contributed by atoms with Gasteiger partial charge in [0.2, 0.25) is 5.91 Å². The van der Waals surface area contributed by atoms with Crippen LogP contribution in [0.1, 0.15) is 39.5 Å². The lowest BCUT2D eigenvalue weighted by atomic mass is 10.1. The molecule has 0 aliphatic heterocycles. The van der Waals surface area contributed by atoms with Gasteiger partial charge in [-0.2, -0.15) is 0 Å². The standard InChI is InChI=1S/C12H23NO4/c1-4-10(2)13(8-9-17-3)11(14)6-5-7-12(15)16/h10H,4-9H2,1-3H3,(H,15,16). The van der Waals surface area contributed by atoms with E-state index in [0.29, 0.717) is 26.0 Å². The zero-order valence-corrected chi connectivity index (χ0v) is 10.9. The quantitative estimate of drug-likeness (QED) is 0.668. The fourth-order valence-electron chi connectivity index (χ4n) is 1.54. The minimum absolute atomic E-state index is 0.0117. The molecule has 0 saturated carbocycles. The van der Waals surface area contributed by atoms with Gasteiger partial charge >= 0.3 is 5.97 Å². The minimum Gasteiger partial charge on any atom is -0.481 e. The maximum absolute atomic E-state index is 11.9. The van der Waals surface area contributed by atoms with Crippen molar-refractivity contribution in [1.82, 2.24) is 4.90 Å². The van der Waals surface area contributed by atoms with E-state index in [9.17, 15) is 9.59 Å². The smallest absolute Gasteiger partial charge is 0.303 e. The lowest BCUT2D eigenvalue weighted by Crippen LogP contribution is -2.40. The van der Waals surface area contributed by atoms with Crippen molar-refractivity contribution in [2.75, 3.05) is 20.3 Å². The molecule has 1 N–H and O–H groups in total. The minimum atomic E-state index is -0.857. The van der Waals surface area contributed by atoms with Crippen molar-refractivity contribution in [2.45, 2.75) is 45.6 Å². The highest BCUT2D eigenvalue weighted by Crippen LogP contribution is 2.08. The molecule has 5 nitrogen and oxygen atoms in total. The molecule has 0 radical (unpaired) electrons. The third-order valence-corrected chi connectivity index (χ3v) is 2.76. The Bertz CT molecular complexity index is 243. The molecular formula is C12H23NO4. The summed E-state index contributed by atoms with van der Waals surface area (Å²) in [4.78, 5) is 24.0. The first-order valence-corrected chi connectivity index (χ1v) is 6.03. The Morgan fingerprint density at radius 1 is 1.35 bits per heavy atom. The van der Waals surface area contributed by atoms with Crippen LogP contribution in [0.2, 0.25) is 0 Å². The van der Waals surface area contributed by atoms with Gasteiger partial charge in [0, 0.05) is 32.5 Å². The third-order valence-electron chi connectivity index (χ3n) is 2.76. The van der Waals surface area contributed by atoms with Gasteiger partial charge in [-0.05, 0) is 19.8 Å². The fourth-order valence-corrected chi connectivity index (χ4v) is 1.54. The van der Waals surface area contributed by atoms with Crippen LogP contribution in [-0.4, -0.2) is 48.2 Å². The number of carbonyl (C=O) groups is 2. The van der Waals surface area contributed by atoms with Crippen LogP contribution < -0.4 is 0 Å².